The SMILES string of the molecule is Cn1ccnc1CNS(=O)(=O)c1cncc(Br)c1. The Morgan fingerprint density at radius 3 is 2.83 bits per heavy atom. The Kier molecular flexibility index (Phi) is 3.79. The molecule has 0 fully saturated rings. The molecule has 2 aromatic heterocycles. The number of nitrogens with one attached hydrogen (secondary N) is 1. The van der Waals surface area contributed by atoms with Crippen LogP contribution in [0.4, 0.5) is 0 Å². The number of halogens is 1. The monoisotopic (exact) mass is 330 g/mol. The van der Waals surface area contributed by atoms with Crippen molar-refractivity contribution in [3.05, 3.63) is 41.2 Å². The van der Waals surface area contributed by atoms with Crippen LogP contribution in [0.2, 0.25) is 0 Å². The minimum Gasteiger partial charge on any atom is -0.337 e. The number of hydrogen-bond acceptors (Lipinski definition) is 4. The molecule has 18 heavy (non-hydrogen) atoms. The van der Waals surface area contributed by atoms with Gasteiger partial charge in [-0.05, 0) is 22.0 Å². The van der Waals surface area contributed by atoms with E-state index in [0.29, 0.717) is 10.3 Å². The van der Waals surface area contributed by atoms with E-state index in [9.17, 15) is 8.42 Å². The maximum absolute atomic E-state index is 12.0. The number of sulfonamides is 1. The second-order valence-corrected chi connectivity index (χ2v) is 6.30. The van der Waals surface area contributed by atoms with Crippen LogP contribution in [0.3, 0.4) is 0 Å². The minimum atomic E-state index is -3.57. The Hall–Kier alpha value is -1.25. The number of aromatic nitrogens is 3. The van der Waals surface area contributed by atoms with Gasteiger partial charge in [-0.2, -0.15) is 0 Å². The van der Waals surface area contributed by atoms with Crippen LogP contribution in [0.25, 0.3) is 0 Å². The van der Waals surface area contributed by atoms with Gasteiger partial charge in [-0.3, -0.25) is 4.98 Å². The summed E-state index contributed by atoms with van der Waals surface area (Å²) >= 11 is 3.18. The summed E-state index contributed by atoms with van der Waals surface area (Å²) in [6.45, 7) is 0.137. The molecular weight excluding hydrogens is 320 g/mol. The molecule has 0 atom stereocenters. The highest BCUT2D eigenvalue weighted by molar-refractivity contribution is 9.10. The number of imidazole rings is 1. The van der Waals surface area contributed by atoms with Gasteiger partial charge in [0.1, 0.15) is 10.7 Å². The molecule has 0 spiro atoms. The summed E-state index contributed by atoms with van der Waals surface area (Å²) in [7, 11) is -1.77. The third-order valence-corrected chi connectivity index (χ3v) is 4.13. The summed E-state index contributed by atoms with van der Waals surface area (Å²) < 4.78 is 28.8. The number of rotatable bonds is 4. The van der Waals surface area contributed by atoms with Crippen molar-refractivity contribution >= 4 is 26.0 Å². The van der Waals surface area contributed by atoms with E-state index >= 15 is 0 Å². The Morgan fingerprint density at radius 2 is 2.22 bits per heavy atom. The van der Waals surface area contributed by atoms with Crippen LogP contribution >= 0.6 is 15.9 Å². The van der Waals surface area contributed by atoms with Crippen molar-refractivity contribution in [2.45, 2.75) is 11.4 Å². The minimum absolute atomic E-state index is 0.117. The topological polar surface area (TPSA) is 76.9 Å². The van der Waals surface area contributed by atoms with E-state index in [1.54, 1.807) is 24.0 Å². The van der Waals surface area contributed by atoms with Gasteiger partial charge in [0.15, 0.2) is 0 Å². The molecular formula is C10H11BrN4O2S. The van der Waals surface area contributed by atoms with Crippen molar-refractivity contribution in [1.29, 1.82) is 0 Å². The van der Waals surface area contributed by atoms with Crippen molar-refractivity contribution in [2.75, 3.05) is 0 Å². The number of nitrogens with zero attached hydrogens (tertiary/aromatic N) is 3. The van der Waals surface area contributed by atoms with Crippen molar-refractivity contribution < 1.29 is 8.42 Å². The van der Waals surface area contributed by atoms with Gasteiger partial charge in [0, 0.05) is 36.3 Å². The molecule has 0 aliphatic heterocycles. The Bertz CT molecular complexity index is 653. The summed E-state index contributed by atoms with van der Waals surface area (Å²) in [6.07, 6.45) is 6.19. The summed E-state index contributed by atoms with van der Waals surface area (Å²) in [4.78, 5) is 7.98. The number of pyridine rings is 1. The fourth-order valence-electron chi connectivity index (χ4n) is 1.35. The zero-order valence-corrected chi connectivity index (χ0v) is 11.9. The van der Waals surface area contributed by atoms with Gasteiger partial charge < -0.3 is 4.57 Å². The molecule has 1 N–H and O–H groups in total. The van der Waals surface area contributed by atoms with Crippen LogP contribution < -0.4 is 4.72 Å². The van der Waals surface area contributed by atoms with Crippen LogP contribution in [-0.4, -0.2) is 23.0 Å². The predicted molar refractivity (Wildman–Crippen MR) is 69.2 cm³/mol. The zero-order chi connectivity index (χ0) is 13.2. The van der Waals surface area contributed by atoms with Gasteiger partial charge in [-0.15, -0.1) is 0 Å². The zero-order valence-electron chi connectivity index (χ0n) is 9.54. The summed E-state index contributed by atoms with van der Waals surface area (Å²) in [6, 6.07) is 1.49. The third-order valence-electron chi connectivity index (χ3n) is 2.33. The van der Waals surface area contributed by atoms with E-state index in [1.807, 2.05) is 0 Å². The van der Waals surface area contributed by atoms with Crippen LogP contribution in [0.1, 0.15) is 5.82 Å². The Morgan fingerprint density at radius 1 is 1.44 bits per heavy atom. The average molecular weight is 331 g/mol. The molecule has 8 heteroatoms. The summed E-state index contributed by atoms with van der Waals surface area (Å²) in [5.41, 5.74) is 0. The van der Waals surface area contributed by atoms with Crippen LogP contribution in [0, 0.1) is 0 Å². The first-order valence-electron chi connectivity index (χ1n) is 5.05. The maximum atomic E-state index is 12.0. The first-order chi connectivity index (χ1) is 8.49. The lowest BCUT2D eigenvalue weighted by Crippen LogP contribution is -2.24. The van der Waals surface area contributed by atoms with Gasteiger partial charge in [0.05, 0.1) is 6.54 Å². The largest absolute Gasteiger partial charge is 0.337 e. The quantitative estimate of drug-likeness (QED) is 0.909. The second-order valence-electron chi connectivity index (χ2n) is 3.62. The maximum Gasteiger partial charge on any atom is 0.242 e. The highest BCUT2D eigenvalue weighted by atomic mass is 79.9. The standard InChI is InChI=1S/C10H11BrN4O2S/c1-15-3-2-13-10(15)7-14-18(16,17)9-4-8(11)5-12-6-9/h2-6,14H,7H2,1H3. The molecule has 0 unspecified atom stereocenters. The average Bonchev–Trinajstić information content (AvgIpc) is 2.72. The Balaban J connectivity index is 2.16. The van der Waals surface area contributed by atoms with E-state index in [1.165, 1.54) is 18.5 Å². The predicted octanol–water partition coefficient (Wildman–Crippen LogP) is 1.06. The first kappa shape index (κ1) is 13.2. The van der Waals surface area contributed by atoms with Crippen molar-refractivity contribution in [2.24, 2.45) is 7.05 Å². The molecule has 0 aromatic carbocycles. The lowest BCUT2D eigenvalue weighted by atomic mass is 10.5. The van der Waals surface area contributed by atoms with Gasteiger partial charge in [0.2, 0.25) is 10.0 Å². The lowest BCUT2D eigenvalue weighted by Gasteiger charge is -2.06. The number of aryl methyl sites for hydroxylation is 1. The summed E-state index contributed by atoms with van der Waals surface area (Å²) in [5, 5.41) is 0. The van der Waals surface area contributed by atoms with E-state index in [4.69, 9.17) is 0 Å². The molecule has 0 bridgehead atoms. The normalized spacial score (nSPS) is 11.7. The number of hydrogen-bond donors (Lipinski definition) is 1. The molecule has 0 aliphatic rings. The van der Waals surface area contributed by atoms with Gasteiger partial charge in [-0.1, -0.05) is 0 Å². The molecule has 6 nitrogen and oxygen atoms in total. The van der Waals surface area contributed by atoms with E-state index in [2.05, 4.69) is 30.6 Å². The molecule has 96 valence electrons. The van der Waals surface area contributed by atoms with Crippen LogP contribution in [0.15, 0.2) is 40.2 Å². The highest BCUT2D eigenvalue weighted by Crippen LogP contribution is 2.14. The second kappa shape index (κ2) is 5.17. The van der Waals surface area contributed by atoms with E-state index < -0.39 is 10.0 Å². The molecule has 2 heterocycles. The highest BCUT2D eigenvalue weighted by Gasteiger charge is 2.15. The smallest absolute Gasteiger partial charge is 0.242 e. The van der Waals surface area contributed by atoms with Gasteiger partial charge in [-0.25, -0.2) is 18.1 Å². The third kappa shape index (κ3) is 2.95. The fourth-order valence-corrected chi connectivity index (χ4v) is 2.83. The lowest BCUT2D eigenvalue weighted by molar-refractivity contribution is 0.577. The van der Waals surface area contributed by atoms with Gasteiger partial charge in [0.25, 0.3) is 0 Å². The first-order valence-corrected chi connectivity index (χ1v) is 7.33. The molecule has 0 saturated carbocycles. The van der Waals surface area contributed by atoms with Crippen molar-refractivity contribution in [3.8, 4) is 0 Å². The van der Waals surface area contributed by atoms with Crippen LogP contribution in [0.5, 0.6) is 0 Å². The fraction of sp³-hybridized carbons (Fsp3) is 0.200. The molecule has 0 amide bonds. The summed E-state index contributed by atoms with van der Waals surface area (Å²) in [5.74, 6) is 0.640. The van der Waals surface area contributed by atoms with Crippen LogP contribution in [-0.2, 0) is 23.6 Å². The van der Waals surface area contributed by atoms with Gasteiger partial charge >= 0.3 is 0 Å². The van der Waals surface area contributed by atoms with E-state index in [-0.39, 0.29) is 11.4 Å². The molecule has 0 radical (unpaired) electrons. The molecule has 0 aliphatic carbocycles. The Labute approximate surface area is 113 Å². The molecule has 2 aromatic rings. The van der Waals surface area contributed by atoms with Crippen molar-refractivity contribution in [1.82, 2.24) is 19.3 Å². The molecule has 2 rings (SSSR count). The molecule has 0 saturated heterocycles. The van der Waals surface area contributed by atoms with E-state index in [0.717, 1.165) is 0 Å². The van der Waals surface area contributed by atoms with Crippen molar-refractivity contribution in [3.63, 3.8) is 0 Å².